The van der Waals surface area contributed by atoms with Gasteiger partial charge in [0, 0.05) is 31.9 Å². The average Bonchev–Trinajstić information content (AvgIpc) is 2.61. The van der Waals surface area contributed by atoms with E-state index in [1.54, 1.807) is 0 Å². The molecule has 7 nitrogen and oxygen atoms in total. The van der Waals surface area contributed by atoms with Crippen molar-refractivity contribution < 1.29 is 14.7 Å². The summed E-state index contributed by atoms with van der Waals surface area (Å²) >= 11 is 0. The lowest BCUT2D eigenvalue weighted by Gasteiger charge is -2.36. The van der Waals surface area contributed by atoms with Gasteiger partial charge in [-0.1, -0.05) is 0 Å². The zero-order valence-corrected chi connectivity index (χ0v) is 11.8. The molecule has 0 bridgehead atoms. The number of aryl methyl sites for hydroxylation is 3. The monoisotopic (exact) mass is 280 g/mol. The number of carboxylic acids is 1. The average molecular weight is 280 g/mol. The Balaban J connectivity index is 1.63. The lowest BCUT2D eigenvalue weighted by Crippen LogP contribution is -2.56. The molecular formula is C13H20N4O3. The van der Waals surface area contributed by atoms with E-state index in [4.69, 9.17) is 5.11 Å². The van der Waals surface area contributed by atoms with Crippen LogP contribution < -0.4 is 5.32 Å². The van der Waals surface area contributed by atoms with Crippen molar-refractivity contribution in [2.24, 2.45) is 5.92 Å². The molecular weight excluding hydrogens is 260 g/mol. The van der Waals surface area contributed by atoms with Gasteiger partial charge in [0.1, 0.15) is 0 Å². The van der Waals surface area contributed by atoms with Crippen molar-refractivity contribution in [3.8, 4) is 0 Å². The molecule has 1 aliphatic rings. The second-order valence-corrected chi connectivity index (χ2v) is 5.18. The minimum atomic E-state index is -0.835. The van der Waals surface area contributed by atoms with Gasteiger partial charge in [-0.25, -0.2) is 4.79 Å². The summed E-state index contributed by atoms with van der Waals surface area (Å²) in [5.74, 6) is -1.24. The second kappa shape index (κ2) is 5.94. The fourth-order valence-electron chi connectivity index (χ4n) is 2.24. The number of nitrogens with one attached hydrogen (secondary N) is 1. The summed E-state index contributed by atoms with van der Waals surface area (Å²) < 4.78 is 1.92. The highest BCUT2D eigenvalue weighted by molar-refractivity contribution is 5.79. The normalized spacial score (nSPS) is 15.0. The number of hydrogen-bond donors (Lipinski definition) is 2. The van der Waals surface area contributed by atoms with Crippen molar-refractivity contribution in [3.63, 3.8) is 0 Å². The lowest BCUT2D eigenvalue weighted by atomic mass is 10.0. The van der Waals surface area contributed by atoms with Gasteiger partial charge < -0.3 is 15.3 Å². The van der Waals surface area contributed by atoms with Crippen molar-refractivity contribution in [2.75, 3.05) is 19.6 Å². The molecule has 1 fully saturated rings. The molecule has 0 radical (unpaired) electrons. The Morgan fingerprint density at radius 3 is 2.70 bits per heavy atom. The van der Waals surface area contributed by atoms with Gasteiger partial charge in [0.2, 0.25) is 0 Å². The van der Waals surface area contributed by atoms with E-state index in [1.165, 1.54) is 4.90 Å². The minimum absolute atomic E-state index is 0.184. The lowest BCUT2D eigenvalue weighted by molar-refractivity contribution is -0.146. The molecule has 1 aromatic heterocycles. The maximum Gasteiger partial charge on any atom is 0.317 e. The minimum Gasteiger partial charge on any atom is -0.481 e. The van der Waals surface area contributed by atoms with Crippen LogP contribution in [-0.4, -0.2) is 51.4 Å². The number of aromatic nitrogens is 2. The number of carbonyl (C=O) groups is 2. The number of carboxylic acid groups (broad SMARTS) is 1. The van der Waals surface area contributed by atoms with Crippen LogP contribution in [-0.2, 0) is 11.3 Å². The Bertz CT molecular complexity index is 506. The predicted octanol–water partition coefficient (Wildman–Crippen LogP) is 0.616. The van der Waals surface area contributed by atoms with E-state index in [-0.39, 0.29) is 6.03 Å². The third-order valence-corrected chi connectivity index (χ3v) is 3.44. The maximum atomic E-state index is 11.7. The summed E-state index contributed by atoms with van der Waals surface area (Å²) in [5.41, 5.74) is 2.10. The molecule has 7 heteroatoms. The summed E-state index contributed by atoms with van der Waals surface area (Å²) in [6, 6.07) is 1.83. The summed E-state index contributed by atoms with van der Waals surface area (Å²) in [5, 5.41) is 15.9. The van der Waals surface area contributed by atoms with Gasteiger partial charge in [-0.15, -0.1) is 0 Å². The molecule has 0 atom stereocenters. The zero-order valence-electron chi connectivity index (χ0n) is 11.8. The Morgan fingerprint density at radius 1 is 1.45 bits per heavy atom. The van der Waals surface area contributed by atoms with Crippen LogP contribution >= 0.6 is 0 Å². The number of aliphatic carboxylic acids is 1. The van der Waals surface area contributed by atoms with E-state index >= 15 is 0 Å². The van der Waals surface area contributed by atoms with Gasteiger partial charge in [-0.05, 0) is 26.3 Å². The molecule has 1 aromatic rings. The molecule has 0 aliphatic carbocycles. The van der Waals surface area contributed by atoms with E-state index < -0.39 is 11.9 Å². The standard InChI is InChI=1S/C13H20N4O3/c1-9-6-10(2)17(15-9)5-3-4-14-13(20)16-7-11(8-16)12(18)19/h6,11H,3-5,7-8H2,1-2H3,(H,14,20)(H,18,19). The summed E-state index contributed by atoms with van der Waals surface area (Å²) in [4.78, 5) is 23.8. The Hall–Kier alpha value is -2.05. The highest BCUT2D eigenvalue weighted by atomic mass is 16.4. The van der Waals surface area contributed by atoms with Crippen LogP contribution in [0.15, 0.2) is 6.07 Å². The molecule has 1 aliphatic heterocycles. The summed E-state index contributed by atoms with van der Waals surface area (Å²) in [7, 11) is 0. The van der Waals surface area contributed by atoms with Crippen molar-refractivity contribution in [1.29, 1.82) is 0 Å². The first-order chi connectivity index (χ1) is 9.47. The first kappa shape index (κ1) is 14.4. The largest absolute Gasteiger partial charge is 0.481 e. The van der Waals surface area contributed by atoms with Crippen LogP contribution in [0.2, 0.25) is 0 Å². The molecule has 2 rings (SSSR count). The van der Waals surface area contributed by atoms with E-state index in [2.05, 4.69) is 10.4 Å². The van der Waals surface area contributed by atoms with E-state index in [0.29, 0.717) is 19.6 Å². The van der Waals surface area contributed by atoms with Crippen LogP contribution in [0.25, 0.3) is 0 Å². The first-order valence-corrected chi connectivity index (χ1v) is 6.74. The maximum absolute atomic E-state index is 11.7. The molecule has 2 amide bonds. The smallest absolute Gasteiger partial charge is 0.317 e. The highest BCUT2D eigenvalue weighted by Gasteiger charge is 2.35. The van der Waals surface area contributed by atoms with Gasteiger partial charge in [0.15, 0.2) is 0 Å². The Labute approximate surface area is 117 Å². The van der Waals surface area contributed by atoms with Crippen molar-refractivity contribution in [3.05, 3.63) is 17.5 Å². The van der Waals surface area contributed by atoms with Crippen molar-refractivity contribution in [1.82, 2.24) is 20.0 Å². The third kappa shape index (κ3) is 3.28. The van der Waals surface area contributed by atoms with Crippen LogP contribution in [0.1, 0.15) is 17.8 Å². The molecule has 2 heterocycles. The van der Waals surface area contributed by atoms with Crippen LogP contribution in [0.4, 0.5) is 4.79 Å². The van der Waals surface area contributed by atoms with Crippen LogP contribution in [0.3, 0.4) is 0 Å². The highest BCUT2D eigenvalue weighted by Crippen LogP contribution is 2.15. The molecule has 0 aromatic carbocycles. The molecule has 2 N–H and O–H groups in total. The van der Waals surface area contributed by atoms with Gasteiger partial charge in [-0.3, -0.25) is 9.48 Å². The van der Waals surface area contributed by atoms with E-state index in [0.717, 1.165) is 24.4 Å². The molecule has 20 heavy (non-hydrogen) atoms. The number of hydrogen-bond acceptors (Lipinski definition) is 3. The first-order valence-electron chi connectivity index (χ1n) is 6.74. The number of rotatable bonds is 5. The fraction of sp³-hybridized carbons (Fsp3) is 0.615. The SMILES string of the molecule is Cc1cc(C)n(CCCNC(=O)N2CC(C(=O)O)C2)n1. The zero-order chi connectivity index (χ0) is 14.7. The molecule has 0 unspecified atom stereocenters. The molecule has 0 saturated carbocycles. The van der Waals surface area contributed by atoms with Gasteiger partial charge >= 0.3 is 12.0 Å². The predicted molar refractivity (Wildman–Crippen MR) is 72.4 cm³/mol. The second-order valence-electron chi connectivity index (χ2n) is 5.18. The van der Waals surface area contributed by atoms with E-state index in [9.17, 15) is 9.59 Å². The quantitative estimate of drug-likeness (QED) is 0.774. The van der Waals surface area contributed by atoms with Crippen molar-refractivity contribution >= 4 is 12.0 Å². The number of nitrogens with zero attached hydrogens (tertiary/aromatic N) is 3. The number of urea groups is 1. The number of likely N-dealkylation sites (tertiary alicyclic amines) is 1. The summed E-state index contributed by atoms with van der Waals surface area (Å²) in [6.45, 7) is 5.89. The molecule has 110 valence electrons. The van der Waals surface area contributed by atoms with Gasteiger partial charge in [0.05, 0.1) is 11.6 Å². The van der Waals surface area contributed by atoms with Gasteiger partial charge in [0.25, 0.3) is 0 Å². The van der Waals surface area contributed by atoms with Crippen molar-refractivity contribution in [2.45, 2.75) is 26.8 Å². The number of carbonyl (C=O) groups excluding carboxylic acids is 1. The topological polar surface area (TPSA) is 87.5 Å². The Kier molecular flexibility index (Phi) is 4.26. The fourth-order valence-corrected chi connectivity index (χ4v) is 2.24. The van der Waals surface area contributed by atoms with Crippen LogP contribution in [0.5, 0.6) is 0 Å². The molecule has 0 spiro atoms. The van der Waals surface area contributed by atoms with Gasteiger partial charge in [-0.2, -0.15) is 5.10 Å². The summed E-state index contributed by atoms with van der Waals surface area (Å²) in [6.07, 6.45) is 0.796. The number of amides is 2. The van der Waals surface area contributed by atoms with E-state index in [1.807, 2.05) is 24.6 Å². The Morgan fingerprint density at radius 2 is 2.15 bits per heavy atom. The molecule has 1 saturated heterocycles. The third-order valence-electron chi connectivity index (χ3n) is 3.44. The van der Waals surface area contributed by atoms with Crippen LogP contribution in [0, 0.1) is 19.8 Å².